The van der Waals surface area contributed by atoms with Gasteiger partial charge in [-0.1, -0.05) is 31.5 Å². The summed E-state index contributed by atoms with van der Waals surface area (Å²) in [6.07, 6.45) is 0. The summed E-state index contributed by atoms with van der Waals surface area (Å²) in [5.41, 5.74) is 0.385. The molecule has 0 aromatic heterocycles. The summed E-state index contributed by atoms with van der Waals surface area (Å²) in [7, 11) is 0. The Balaban J connectivity index is 2.35. The zero-order valence-electron chi connectivity index (χ0n) is 10.6. The Morgan fingerprint density at radius 3 is 2.78 bits per heavy atom. The first-order valence-electron chi connectivity index (χ1n) is 5.91. The van der Waals surface area contributed by atoms with Crippen molar-refractivity contribution in [3.8, 4) is 0 Å². The van der Waals surface area contributed by atoms with Gasteiger partial charge in [0.2, 0.25) is 5.91 Å². The van der Waals surface area contributed by atoms with Gasteiger partial charge in [0.15, 0.2) is 0 Å². The number of amides is 1. The lowest BCUT2D eigenvalue weighted by Crippen LogP contribution is -2.35. The van der Waals surface area contributed by atoms with E-state index in [-0.39, 0.29) is 24.8 Å². The molecule has 0 unspecified atom stereocenters. The van der Waals surface area contributed by atoms with E-state index in [4.69, 9.17) is 11.6 Å². The Morgan fingerprint density at radius 1 is 1.44 bits per heavy atom. The molecule has 1 rings (SSSR count). The van der Waals surface area contributed by atoms with Gasteiger partial charge in [0.25, 0.3) is 0 Å². The summed E-state index contributed by atoms with van der Waals surface area (Å²) in [5, 5.41) is 6.01. The van der Waals surface area contributed by atoms with Crippen molar-refractivity contribution in [3.05, 3.63) is 34.6 Å². The van der Waals surface area contributed by atoms with Gasteiger partial charge in [-0.05, 0) is 18.1 Å². The van der Waals surface area contributed by atoms with Crippen molar-refractivity contribution >= 4 is 17.5 Å². The Bertz CT molecular complexity index is 390. The molecular weight excluding hydrogens is 255 g/mol. The van der Waals surface area contributed by atoms with Crippen molar-refractivity contribution in [3.63, 3.8) is 0 Å². The summed E-state index contributed by atoms with van der Waals surface area (Å²) in [5.74, 6) is -0.0521. The highest BCUT2D eigenvalue weighted by Gasteiger charge is 2.07. The summed E-state index contributed by atoms with van der Waals surface area (Å²) < 4.78 is 13.4. The Hall–Kier alpha value is -1.13. The maximum atomic E-state index is 13.4. The fourth-order valence-corrected chi connectivity index (χ4v) is 1.61. The molecule has 0 saturated heterocycles. The maximum absolute atomic E-state index is 13.4. The van der Waals surface area contributed by atoms with E-state index in [2.05, 4.69) is 10.6 Å². The topological polar surface area (TPSA) is 41.1 Å². The van der Waals surface area contributed by atoms with E-state index in [1.165, 1.54) is 6.07 Å². The van der Waals surface area contributed by atoms with Gasteiger partial charge < -0.3 is 10.6 Å². The van der Waals surface area contributed by atoms with Crippen LogP contribution in [0, 0.1) is 11.7 Å². The lowest BCUT2D eigenvalue weighted by molar-refractivity contribution is -0.120. The molecule has 0 heterocycles. The summed E-state index contributed by atoms with van der Waals surface area (Å²) in [4.78, 5) is 11.4. The van der Waals surface area contributed by atoms with Crippen molar-refractivity contribution in [2.75, 3.05) is 13.1 Å². The number of rotatable bonds is 6. The Morgan fingerprint density at radius 2 is 2.17 bits per heavy atom. The van der Waals surface area contributed by atoms with Crippen LogP contribution < -0.4 is 10.6 Å². The van der Waals surface area contributed by atoms with Crippen LogP contribution in [0.2, 0.25) is 5.02 Å². The molecule has 0 aliphatic rings. The van der Waals surface area contributed by atoms with Crippen LogP contribution in [-0.2, 0) is 11.3 Å². The molecule has 0 aliphatic carbocycles. The predicted molar refractivity (Wildman–Crippen MR) is 71.0 cm³/mol. The van der Waals surface area contributed by atoms with Crippen molar-refractivity contribution in [1.29, 1.82) is 0 Å². The number of hydrogen-bond acceptors (Lipinski definition) is 2. The maximum Gasteiger partial charge on any atom is 0.233 e. The third-order valence-electron chi connectivity index (χ3n) is 2.36. The normalized spacial score (nSPS) is 10.7. The number of carbonyl (C=O) groups is 1. The van der Waals surface area contributed by atoms with Crippen molar-refractivity contribution in [1.82, 2.24) is 10.6 Å². The van der Waals surface area contributed by atoms with Gasteiger partial charge in [0.05, 0.1) is 6.54 Å². The van der Waals surface area contributed by atoms with E-state index in [1.807, 2.05) is 13.8 Å². The second-order valence-corrected chi connectivity index (χ2v) is 4.91. The fraction of sp³-hybridized carbons (Fsp3) is 0.462. The summed E-state index contributed by atoms with van der Waals surface area (Å²) in [6.45, 7) is 5.07. The van der Waals surface area contributed by atoms with Gasteiger partial charge in [-0.2, -0.15) is 0 Å². The van der Waals surface area contributed by atoms with E-state index in [1.54, 1.807) is 12.1 Å². The van der Waals surface area contributed by atoms with Crippen molar-refractivity contribution in [2.24, 2.45) is 5.92 Å². The number of carbonyl (C=O) groups excluding carboxylic acids is 1. The highest BCUT2D eigenvalue weighted by atomic mass is 35.5. The first-order valence-corrected chi connectivity index (χ1v) is 6.28. The molecule has 18 heavy (non-hydrogen) atoms. The summed E-state index contributed by atoms with van der Waals surface area (Å²) >= 11 is 5.87. The van der Waals surface area contributed by atoms with Gasteiger partial charge in [-0.15, -0.1) is 0 Å². The molecule has 0 atom stereocenters. The molecule has 0 spiro atoms. The first kappa shape index (κ1) is 14.9. The average molecular weight is 273 g/mol. The Labute approximate surface area is 112 Å². The molecule has 1 aromatic rings. The van der Waals surface area contributed by atoms with E-state index >= 15 is 0 Å². The van der Waals surface area contributed by atoms with Crippen molar-refractivity contribution in [2.45, 2.75) is 20.4 Å². The molecular formula is C13H18ClFN2O. The van der Waals surface area contributed by atoms with Crippen LogP contribution >= 0.6 is 11.6 Å². The molecule has 0 fully saturated rings. The third-order valence-corrected chi connectivity index (χ3v) is 2.71. The van der Waals surface area contributed by atoms with Gasteiger partial charge >= 0.3 is 0 Å². The lowest BCUT2D eigenvalue weighted by atomic mass is 10.2. The van der Waals surface area contributed by atoms with Crippen LogP contribution in [0.5, 0.6) is 0 Å². The molecule has 1 aromatic carbocycles. The van der Waals surface area contributed by atoms with Crippen LogP contribution in [0.1, 0.15) is 19.4 Å². The SMILES string of the molecule is CC(C)CNC(=O)CNCc1c(F)cccc1Cl. The van der Waals surface area contributed by atoms with E-state index in [0.717, 1.165) is 0 Å². The largest absolute Gasteiger partial charge is 0.355 e. The highest BCUT2D eigenvalue weighted by molar-refractivity contribution is 6.31. The molecule has 0 bridgehead atoms. The van der Waals surface area contributed by atoms with Gasteiger partial charge in [0, 0.05) is 23.7 Å². The van der Waals surface area contributed by atoms with Gasteiger partial charge in [-0.3, -0.25) is 4.79 Å². The standard InChI is InChI=1S/C13H18ClFN2O/c1-9(2)6-17-13(18)8-16-7-10-11(14)4-3-5-12(10)15/h3-5,9,16H,6-8H2,1-2H3,(H,17,18). The average Bonchev–Trinajstić information content (AvgIpc) is 2.30. The van der Waals surface area contributed by atoms with Gasteiger partial charge in [-0.25, -0.2) is 4.39 Å². The monoisotopic (exact) mass is 272 g/mol. The minimum atomic E-state index is -0.363. The van der Waals surface area contributed by atoms with Gasteiger partial charge in [0.1, 0.15) is 5.82 Å². The number of benzene rings is 1. The highest BCUT2D eigenvalue weighted by Crippen LogP contribution is 2.18. The fourth-order valence-electron chi connectivity index (χ4n) is 1.38. The van der Waals surface area contributed by atoms with Crippen LogP contribution in [0.15, 0.2) is 18.2 Å². The minimum Gasteiger partial charge on any atom is -0.355 e. The van der Waals surface area contributed by atoms with Crippen LogP contribution in [0.3, 0.4) is 0 Å². The zero-order chi connectivity index (χ0) is 13.5. The molecule has 1 amide bonds. The molecule has 0 radical (unpaired) electrons. The van der Waals surface area contributed by atoms with Crippen LogP contribution in [-0.4, -0.2) is 19.0 Å². The Kier molecular flexibility index (Phi) is 6.09. The predicted octanol–water partition coefficient (Wildman–Crippen LogP) is 2.34. The quantitative estimate of drug-likeness (QED) is 0.835. The molecule has 5 heteroatoms. The van der Waals surface area contributed by atoms with E-state index in [0.29, 0.717) is 23.0 Å². The summed E-state index contributed by atoms with van der Waals surface area (Å²) in [6, 6.07) is 4.53. The second kappa shape index (κ2) is 7.34. The minimum absolute atomic E-state index is 0.101. The van der Waals surface area contributed by atoms with Crippen LogP contribution in [0.4, 0.5) is 4.39 Å². The third kappa shape index (κ3) is 5.02. The molecule has 3 nitrogen and oxygen atoms in total. The molecule has 2 N–H and O–H groups in total. The lowest BCUT2D eigenvalue weighted by Gasteiger charge is -2.09. The molecule has 100 valence electrons. The smallest absolute Gasteiger partial charge is 0.233 e. The number of nitrogens with one attached hydrogen (secondary N) is 2. The number of halogens is 2. The van der Waals surface area contributed by atoms with E-state index < -0.39 is 0 Å². The van der Waals surface area contributed by atoms with Crippen LogP contribution in [0.25, 0.3) is 0 Å². The molecule has 0 saturated carbocycles. The first-order chi connectivity index (χ1) is 8.50. The van der Waals surface area contributed by atoms with Crippen molar-refractivity contribution < 1.29 is 9.18 Å². The van der Waals surface area contributed by atoms with E-state index in [9.17, 15) is 9.18 Å². The molecule has 0 aliphatic heterocycles. The second-order valence-electron chi connectivity index (χ2n) is 4.50. The number of hydrogen-bond donors (Lipinski definition) is 2. The zero-order valence-corrected chi connectivity index (χ0v) is 11.4.